The molecular weight excluding hydrogens is 246 g/mol. The van der Waals surface area contributed by atoms with Crippen LogP contribution in [-0.2, 0) is 17.6 Å². The van der Waals surface area contributed by atoms with Crippen molar-refractivity contribution in [2.24, 2.45) is 5.73 Å². The van der Waals surface area contributed by atoms with Crippen molar-refractivity contribution in [1.82, 2.24) is 0 Å². The number of nitriles is 1. The molecule has 0 spiro atoms. The summed E-state index contributed by atoms with van der Waals surface area (Å²) in [5, 5.41) is 12.7. The Kier molecular flexibility index (Phi) is 4.00. The second-order valence-corrected chi connectivity index (χ2v) is 5.66. The molecule has 18 heavy (non-hydrogen) atoms. The molecule has 0 radical (unpaired) electrons. The molecule has 1 atom stereocenters. The van der Waals surface area contributed by atoms with Crippen molar-refractivity contribution in [2.45, 2.75) is 45.1 Å². The first kappa shape index (κ1) is 13.1. The van der Waals surface area contributed by atoms with Crippen molar-refractivity contribution >= 4 is 22.2 Å². The molecule has 0 unspecified atom stereocenters. The van der Waals surface area contributed by atoms with Gasteiger partial charge in [0, 0.05) is 4.88 Å². The van der Waals surface area contributed by atoms with E-state index in [1.807, 2.05) is 6.92 Å². The van der Waals surface area contributed by atoms with Gasteiger partial charge in [-0.1, -0.05) is 13.3 Å². The molecule has 0 aliphatic heterocycles. The zero-order chi connectivity index (χ0) is 13.1. The van der Waals surface area contributed by atoms with E-state index >= 15 is 0 Å². The quantitative estimate of drug-likeness (QED) is 0.873. The zero-order valence-corrected chi connectivity index (χ0v) is 11.3. The third-order valence-corrected chi connectivity index (χ3v) is 4.41. The van der Waals surface area contributed by atoms with Crippen LogP contribution in [0.25, 0.3) is 0 Å². The van der Waals surface area contributed by atoms with Crippen molar-refractivity contribution < 1.29 is 4.79 Å². The highest BCUT2D eigenvalue weighted by Gasteiger charge is 2.24. The number of amides is 1. The summed E-state index contributed by atoms with van der Waals surface area (Å²) in [5.41, 5.74) is 7.54. The third-order valence-electron chi connectivity index (χ3n) is 3.21. The fourth-order valence-electron chi connectivity index (χ4n) is 2.26. The summed E-state index contributed by atoms with van der Waals surface area (Å²) in [6.45, 7) is 1.99. The van der Waals surface area contributed by atoms with Crippen LogP contribution >= 0.6 is 11.3 Å². The van der Waals surface area contributed by atoms with E-state index in [1.54, 1.807) is 0 Å². The number of hydrogen-bond acceptors (Lipinski definition) is 4. The number of nitrogens with two attached hydrogens (primary N) is 1. The van der Waals surface area contributed by atoms with Gasteiger partial charge in [0.25, 0.3) is 0 Å². The maximum Gasteiger partial charge on any atom is 0.241 e. The lowest BCUT2D eigenvalue weighted by Crippen LogP contribution is -2.35. The lowest BCUT2D eigenvalue weighted by Gasteiger charge is -2.10. The van der Waals surface area contributed by atoms with E-state index < -0.39 is 6.04 Å². The highest BCUT2D eigenvalue weighted by atomic mass is 32.1. The Morgan fingerprint density at radius 1 is 1.61 bits per heavy atom. The van der Waals surface area contributed by atoms with Crippen molar-refractivity contribution in [3.05, 3.63) is 16.0 Å². The molecule has 0 aromatic carbocycles. The Bertz CT molecular complexity index is 501. The summed E-state index contributed by atoms with van der Waals surface area (Å²) >= 11 is 1.53. The van der Waals surface area contributed by atoms with Gasteiger partial charge in [-0.3, -0.25) is 4.79 Å². The van der Waals surface area contributed by atoms with Crippen LogP contribution in [0.3, 0.4) is 0 Å². The smallest absolute Gasteiger partial charge is 0.241 e. The maximum atomic E-state index is 11.9. The fourth-order valence-corrected chi connectivity index (χ4v) is 3.50. The molecule has 1 aromatic heterocycles. The topological polar surface area (TPSA) is 78.9 Å². The summed E-state index contributed by atoms with van der Waals surface area (Å²) in [7, 11) is 0. The lowest BCUT2D eigenvalue weighted by atomic mass is 10.1. The van der Waals surface area contributed by atoms with E-state index in [0.717, 1.165) is 31.2 Å². The summed E-state index contributed by atoms with van der Waals surface area (Å²) in [6.07, 6.45) is 4.62. The summed E-state index contributed by atoms with van der Waals surface area (Å²) < 4.78 is 0. The van der Waals surface area contributed by atoms with E-state index in [2.05, 4.69) is 11.4 Å². The van der Waals surface area contributed by atoms with E-state index in [1.165, 1.54) is 16.2 Å². The first-order valence-electron chi connectivity index (χ1n) is 6.28. The predicted molar refractivity (Wildman–Crippen MR) is 72.6 cm³/mol. The molecule has 0 saturated carbocycles. The first-order valence-corrected chi connectivity index (χ1v) is 7.10. The summed E-state index contributed by atoms with van der Waals surface area (Å²) in [6, 6.07) is 1.72. The standard InChI is InChI=1S/C13H17N3OS/c1-2-4-10(15)12(17)16-13-9(7-14)8-5-3-6-11(8)18-13/h10H,2-6,15H2,1H3,(H,16,17)/t10-/m0/s1. The molecule has 5 heteroatoms. The number of nitrogens with one attached hydrogen (secondary N) is 1. The molecule has 1 aliphatic rings. The largest absolute Gasteiger partial charge is 0.320 e. The van der Waals surface area contributed by atoms with Crippen LogP contribution in [0, 0.1) is 11.3 Å². The number of fused-ring (bicyclic) bond motifs is 1. The van der Waals surface area contributed by atoms with E-state index in [0.29, 0.717) is 17.0 Å². The predicted octanol–water partition coefficient (Wildman–Crippen LogP) is 2.17. The molecular formula is C13H17N3OS. The SMILES string of the molecule is CCC[C@H](N)C(=O)Nc1sc2c(c1C#N)CCC2. The van der Waals surface area contributed by atoms with Crippen molar-refractivity contribution in [1.29, 1.82) is 5.26 Å². The number of thiophene rings is 1. The highest BCUT2D eigenvalue weighted by Crippen LogP contribution is 2.38. The number of aryl methyl sites for hydroxylation is 1. The monoisotopic (exact) mass is 263 g/mol. The van der Waals surface area contributed by atoms with Gasteiger partial charge in [-0.15, -0.1) is 11.3 Å². The van der Waals surface area contributed by atoms with Gasteiger partial charge in [0.1, 0.15) is 11.1 Å². The van der Waals surface area contributed by atoms with Crippen LogP contribution in [0.1, 0.15) is 42.2 Å². The molecule has 1 aliphatic carbocycles. The lowest BCUT2D eigenvalue weighted by molar-refractivity contribution is -0.117. The number of carbonyl (C=O) groups excluding carboxylic acids is 1. The van der Waals surface area contributed by atoms with Crippen molar-refractivity contribution in [3.8, 4) is 6.07 Å². The van der Waals surface area contributed by atoms with Crippen LogP contribution in [0.2, 0.25) is 0 Å². The molecule has 3 N–H and O–H groups in total. The minimum Gasteiger partial charge on any atom is -0.320 e. The number of hydrogen-bond donors (Lipinski definition) is 2. The van der Waals surface area contributed by atoms with Gasteiger partial charge in [0.2, 0.25) is 5.91 Å². The number of nitrogens with zero attached hydrogens (tertiary/aromatic N) is 1. The second-order valence-electron chi connectivity index (χ2n) is 4.56. The Morgan fingerprint density at radius 3 is 3.06 bits per heavy atom. The molecule has 96 valence electrons. The average Bonchev–Trinajstić information content (AvgIpc) is 2.89. The van der Waals surface area contributed by atoms with E-state index in [-0.39, 0.29) is 5.91 Å². The van der Waals surface area contributed by atoms with Crippen LogP contribution in [0.4, 0.5) is 5.00 Å². The number of rotatable bonds is 4. The van der Waals surface area contributed by atoms with Gasteiger partial charge in [0.05, 0.1) is 11.6 Å². The van der Waals surface area contributed by atoms with Crippen molar-refractivity contribution in [3.63, 3.8) is 0 Å². The molecule has 0 fully saturated rings. The van der Waals surface area contributed by atoms with E-state index in [4.69, 9.17) is 5.73 Å². The van der Waals surface area contributed by atoms with Gasteiger partial charge in [-0.25, -0.2) is 0 Å². The fraction of sp³-hybridized carbons (Fsp3) is 0.538. The van der Waals surface area contributed by atoms with Crippen LogP contribution in [-0.4, -0.2) is 11.9 Å². The van der Waals surface area contributed by atoms with Gasteiger partial charge in [-0.2, -0.15) is 5.26 Å². The molecule has 1 amide bonds. The normalized spacial score (nSPS) is 14.9. The first-order chi connectivity index (χ1) is 8.67. The van der Waals surface area contributed by atoms with Gasteiger partial charge in [0.15, 0.2) is 0 Å². The molecule has 1 heterocycles. The van der Waals surface area contributed by atoms with Gasteiger partial charge < -0.3 is 11.1 Å². The molecule has 2 rings (SSSR count). The Balaban J connectivity index is 2.15. The second kappa shape index (κ2) is 5.51. The minimum absolute atomic E-state index is 0.187. The molecule has 4 nitrogen and oxygen atoms in total. The molecule has 1 aromatic rings. The number of carbonyl (C=O) groups is 1. The highest BCUT2D eigenvalue weighted by molar-refractivity contribution is 7.16. The zero-order valence-electron chi connectivity index (χ0n) is 10.5. The van der Waals surface area contributed by atoms with Crippen molar-refractivity contribution in [2.75, 3.05) is 5.32 Å². The Morgan fingerprint density at radius 2 is 2.39 bits per heavy atom. The Labute approximate surface area is 111 Å². The van der Waals surface area contributed by atoms with Gasteiger partial charge in [-0.05, 0) is 31.2 Å². The summed E-state index contributed by atoms with van der Waals surface area (Å²) in [4.78, 5) is 13.1. The Hall–Kier alpha value is -1.38. The minimum atomic E-state index is -0.488. The van der Waals surface area contributed by atoms with Crippen LogP contribution in [0.15, 0.2) is 0 Å². The average molecular weight is 263 g/mol. The van der Waals surface area contributed by atoms with Crippen LogP contribution < -0.4 is 11.1 Å². The molecule has 0 saturated heterocycles. The van der Waals surface area contributed by atoms with Crippen LogP contribution in [0.5, 0.6) is 0 Å². The number of anilines is 1. The van der Waals surface area contributed by atoms with E-state index in [9.17, 15) is 10.1 Å². The third kappa shape index (κ3) is 2.40. The van der Waals surface area contributed by atoms with Gasteiger partial charge >= 0.3 is 0 Å². The summed E-state index contributed by atoms with van der Waals surface area (Å²) in [5.74, 6) is -0.187. The molecule has 0 bridgehead atoms. The maximum absolute atomic E-state index is 11.9.